The standard InChI is InChI=1S/C14H19F2N3O3.C11H13F5N2OS/c1-13(22)6-10(19(7-13)8-17)11(20)12(21)18-9-2-4-14(15,16)5-3-9;12-20(13,14,15,16)10-3-1-9(2-4-10)17-6-8-5-11(19)18-7-8/h9-10,22H,2-7H2,1H3,(H,18,21);1-4,8,17H,5-7H2,(H,18,19)/t10?,13-;/m1./s1. The molecule has 2 heterocycles. The number of rotatable bonds is 7. The predicted molar refractivity (Wildman–Crippen MR) is 139 cm³/mol. The van der Waals surface area contributed by atoms with Crippen LogP contribution < -0.4 is 16.0 Å². The fraction of sp³-hybridized carbons (Fsp3) is 0.600. The lowest BCUT2D eigenvalue weighted by atomic mass is 9.92. The van der Waals surface area contributed by atoms with Gasteiger partial charge in [-0.2, -0.15) is 5.26 Å². The quantitative estimate of drug-likeness (QED) is 0.199. The number of carbonyl (C=O) groups excluding carboxylic acids is 3. The molecule has 0 spiro atoms. The van der Waals surface area contributed by atoms with E-state index in [-0.39, 0.29) is 50.5 Å². The number of nitriles is 1. The van der Waals surface area contributed by atoms with Gasteiger partial charge >= 0.3 is 10.2 Å². The summed E-state index contributed by atoms with van der Waals surface area (Å²) in [6.45, 7) is 2.36. The minimum absolute atomic E-state index is 0.00441. The van der Waals surface area contributed by atoms with Crippen molar-refractivity contribution in [2.45, 2.75) is 74.0 Å². The molecule has 2 aliphatic heterocycles. The minimum Gasteiger partial charge on any atom is -0.388 e. The number of carbonyl (C=O) groups is 3. The molecule has 42 heavy (non-hydrogen) atoms. The Hall–Kier alpha value is -3.26. The minimum atomic E-state index is -9.60. The highest BCUT2D eigenvalue weighted by atomic mass is 32.5. The summed E-state index contributed by atoms with van der Waals surface area (Å²) in [5, 5.41) is 26.8. The smallest absolute Gasteiger partial charge is 0.310 e. The lowest BCUT2D eigenvalue weighted by molar-refractivity contribution is -0.141. The molecule has 4 rings (SSSR count). The van der Waals surface area contributed by atoms with Crippen molar-refractivity contribution in [3.05, 3.63) is 24.3 Å². The number of amides is 2. The van der Waals surface area contributed by atoms with E-state index in [1.807, 2.05) is 0 Å². The molecular formula is C25H32F7N5O4S. The molecule has 17 heteroatoms. The largest absolute Gasteiger partial charge is 0.388 e. The molecule has 1 aliphatic carbocycles. The number of nitrogens with zero attached hydrogens (tertiary/aromatic N) is 2. The van der Waals surface area contributed by atoms with Crippen LogP contribution in [0, 0.1) is 17.4 Å². The topological polar surface area (TPSA) is 135 Å². The lowest BCUT2D eigenvalue weighted by Crippen LogP contribution is -2.48. The molecule has 0 aromatic heterocycles. The number of halogens is 7. The summed E-state index contributed by atoms with van der Waals surface area (Å²) >= 11 is 0. The highest BCUT2D eigenvalue weighted by Crippen LogP contribution is 3.02. The number of hydrogen-bond acceptors (Lipinski definition) is 7. The Morgan fingerprint density at radius 3 is 2.24 bits per heavy atom. The first-order chi connectivity index (χ1) is 19.1. The molecule has 4 N–H and O–H groups in total. The number of β-amino-alcohol motifs (C(OH)–C–C–N with tert-alkyl or cyclic N) is 1. The number of anilines is 1. The molecule has 2 unspecified atom stereocenters. The SMILES string of the molecule is C[C@@]1(O)CC(C(=O)C(=O)NC2CCC(F)(F)CC2)N(C#N)C1.O=C1CC(CNc2ccc(S(F)(F)(F)(F)F)cc2)CN1. The molecule has 3 atom stereocenters. The average molecular weight is 632 g/mol. The molecule has 9 nitrogen and oxygen atoms in total. The van der Waals surface area contributed by atoms with E-state index in [2.05, 4.69) is 16.0 Å². The Morgan fingerprint density at radius 2 is 1.74 bits per heavy atom. The van der Waals surface area contributed by atoms with Gasteiger partial charge in [0.05, 0.1) is 12.1 Å². The van der Waals surface area contributed by atoms with Crippen LogP contribution in [-0.2, 0) is 14.4 Å². The molecular weight excluding hydrogens is 599 g/mol. The zero-order valence-corrected chi connectivity index (χ0v) is 23.3. The zero-order chi connectivity index (χ0) is 31.6. The first-order valence-electron chi connectivity index (χ1n) is 13.0. The van der Waals surface area contributed by atoms with Crippen LogP contribution in [0.1, 0.15) is 45.4 Å². The van der Waals surface area contributed by atoms with Gasteiger partial charge in [-0.25, -0.2) is 8.78 Å². The summed E-state index contributed by atoms with van der Waals surface area (Å²) in [7, 11) is -9.60. The Bertz CT molecular complexity index is 1230. The van der Waals surface area contributed by atoms with Gasteiger partial charge < -0.3 is 21.1 Å². The van der Waals surface area contributed by atoms with Gasteiger partial charge in [-0.05, 0) is 44.0 Å². The van der Waals surface area contributed by atoms with Crippen LogP contribution in [-0.4, -0.2) is 70.8 Å². The summed E-state index contributed by atoms with van der Waals surface area (Å²) in [5.41, 5.74) is -0.904. The van der Waals surface area contributed by atoms with Gasteiger partial charge in [-0.1, -0.05) is 19.4 Å². The van der Waals surface area contributed by atoms with E-state index in [4.69, 9.17) is 5.26 Å². The van der Waals surface area contributed by atoms with Crippen LogP contribution in [0.25, 0.3) is 0 Å². The maximum absolute atomic E-state index is 13.1. The summed E-state index contributed by atoms with van der Waals surface area (Å²) in [5.74, 6) is -4.42. The van der Waals surface area contributed by atoms with Crippen molar-refractivity contribution in [1.29, 1.82) is 5.26 Å². The Kier molecular flexibility index (Phi) is 8.79. The molecule has 3 aliphatic rings. The van der Waals surface area contributed by atoms with Crippen LogP contribution in [0.4, 0.5) is 33.9 Å². The first kappa shape index (κ1) is 33.2. The number of nitrogens with one attached hydrogen (secondary N) is 3. The number of alkyl halides is 2. The highest BCUT2D eigenvalue weighted by Gasteiger charge is 2.65. The molecule has 1 aromatic rings. The lowest BCUT2D eigenvalue weighted by Gasteiger charge is -2.40. The van der Waals surface area contributed by atoms with E-state index in [1.54, 1.807) is 6.19 Å². The maximum Gasteiger partial charge on any atom is 0.310 e. The molecule has 3 fully saturated rings. The molecule has 2 saturated heterocycles. The van der Waals surface area contributed by atoms with Gasteiger partial charge in [0, 0.05) is 56.4 Å². The molecule has 236 valence electrons. The summed E-state index contributed by atoms with van der Waals surface area (Å²) < 4.78 is 88.5. The highest BCUT2D eigenvalue weighted by molar-refractivity contribution is 8.45. The van der Waals surface area contributed by atoms with Crippen LogP contribution in [0.15, 0.2) is 29.2 Å². The normalized spacial score (nSPS) is 27.4. The van der Waals surface area contributed by atoms with Crippen LogP contribution in [0.5, 0.6) is 0 Å². The second kappa shape index (κ2) is 11.1. The summed E-state index contributed by atoms with van der Waals surface area (Å²) in [6.07, 6.45) is 1.75. The van der Waals surface area contributed by atoms with E-state index in [0.717, 1.165) is 17.0 Å². The Balaban J connectivity index is 0.000000231. The van der Waals surface area contributed by atoms with Crippen LogP contribution >= 0.6 is 10.2 Å². The monoisotopic (exact) mass is 631 g/mol. The Morgan fingerprint density at radius 1 is 1.14 bits per heavy atom. The first-order valence-corrected chi connectivity index (χ1v) is 15.0. The van der Waals surface area contributed by atoms with Crippen molar-refractivity contribution in [1.82, 2.24) is 15.5 Å². The Labute approximate surface area is 237 Å². The van der Waals surface area contributed by atoms with E-state index in [1.165, 1.54) is 6.92 Å². The van der Waals surface area contributed by atoms with Gasteiger partial charge in [-0.15, -0.1) is 0 Å². The third-order valence-electron chi connectivity index (χ3n) is 7.18. The molecule has 1 saturated carbocycles. The van der Waals surface area contributed by atoms with Crippen LogP contribution in [0.3, 0.4) is 0 Å². The van der Waals surface area contributed by atoms with Crippen molar-refractivity contribution in [2.75, 3.05) is 25.0 Å². The third kappa shape index (κ3) is 9.38. The average Bonchev–Trinajstić information content (AvgIpc) is 3.44. The van der Waals surface area contributed by atoms with E-state index in [0.29, 0.717) is 37.3 Å². The van der Waals surface area contributed by atoms with E-state index in [9.17, 15) is 47.7 Å². The fourth-order valence-electron chi connectivity index (χ4n) is 4.90. The van der Waals surface area contributed by atoms with E-state index >= 15 is 0 Å². The maximum atomic E-state index is 13.1. The molecule has 0 radical (unpaired) electrons. The number of aliphatic hydroxyl groups is 1. The van der Waals surface area contributed by atoms with Crippen molar-refractivity contribution >= 4 is 33.5 Å². The van der Waals surface area contributed by atoms with Crippen LogP contribution in [0.2, 0.25) is 0 Å². The van der Waals surface area contributed by atoms with Gasteiger partial charge in [-0.3, -0.25) is 19.3 Å². The number of ketones is 1. The molecule has 2 amide bonds. The molecule has 1 aromatic carbocycles. The van der Waals surface area contributed by atoms with Crippen molar-refractivity contribution in [2.24, 2.45) is 5.92 Å². The fourth-order valence-corrected chi connectivity index (χ4v) is 5.55. The predicted octanol–water partition coefficient (Wildman–Crippen LogP) is 4.45. The zero-order valence-electron chi connectivity index (χ0n) is 22.5. The van der Waals surface area contributed by atoms with Crippen molar-refractivity contribution in [3.8, 4) is 6.19 Å². The third-order valence-corrected chi connectivity index (χ3v) is 8.35. The van der Waals surface area contributed by atoms with Gasteiger partial charge in [0.25, 0.3) is 5.91 Å². The van der Waals surface area contributed by atoms with Crippen molar-refractivity contribution in [3.63, 3.8) is 0 Å². The second-order valence-electron chi connectivity index (χ2n) is 11.2. The van der Waals surface area contributed by atoms with Gasteiger partial charge in [0.2, 0.25) is 17.6 Å². The van der Waals surface area contributed by atoms with Gasteiger partial charge in [0.15, 0.2) is 6.19 Å². The number of benzene rings is 1. The number of Topliss-reactive ketones (excluding diaryl/α,β-unsaturated/α-hetero) is 1. The summed E-state index contributed by atoms with van der Waals surface area (Å²) in [6, 6.07) is 1.19. The summed E-state index contributed by atoms with van der Waals surface area (Å²) in [4.78, 5) is 34.2. The van der Waals surface area contributed by atoms with Gasteiger partial charge in [0.1, 0.15) is 10.9 Å². The second-order valence-corrected chi connectivity index (χ2v) is 13.6. The van der Waals surface area contributed by atoms with Crippen molar-refractivity contribution < 1.29 is 47.7 Å². The number of hydrogen-bond donors (Lipinski definition) is 4. The molecule has 0 bridgehead atoms. The number of likely N-dealkylation sites (tertiary alicyclic amines) is 1. The van der Waals surface area contributed by atoms with E-state index < -0.39 is 50.4 Å².